The van der Waals surface area contributed by atoms with Crippen LogP contribution in [0.2, 0.25) is 5.02 Å². The van der Waals surface area contributed by atoms with Crippen LogP contribution < -0.4 is 20.7 Å². The average molecular weight is 600 g/mol. The number of methoxy groups -OCH3 is 1. The maximum absolute atomic E-state index is 13.3. The highest BCUT2D eigenvalue weighted by atomic mass is 35.5. The third-order valence-corrected chi connectivity index (χ3v) is 7.48. The van der Waals surface area contributed by atoms with E-state index in [0.717, 1.165) is 16.0 Å². The van der Waals surface area contributed by atoms with Crippen LogP contribution >= 0.6 is 23.4 Å². The topological polar surface area (TPSA) is 96.5 Å². The van der Waals surface area contributed by atoms with Crippen LogP contribution in [0.5, 0.6) is 5.75 Å². The molecule has 4 aromatic carbocycles. The van der Waals surface area contributed by atoms with Crippen molar-refractivity contribution in [2.75, 3.05) is 17.7 Å². The first-order chi connectivity index (χ1) is 20.2. The summed E-state index contributed by atoms with van der Waals surface area (Å²) in [6, 6.07) is 28.5. The summed E-state index contributed by atoms with van der Waals surface area (Å²) in [4.78, 5) is 39.8. The van der Waals surface area contributed by atoms with Gasteiger partial charge in [-0.05, 0) is 80.1 Å². The van der Waals surface area contributed by atoms with E-state index in [1.807, 2.05) is 49.4 Å². The first-order valence-electron chi connectivity index (χ1n) is 13.1. The Morgan fingerprint density at radius 3 is 2.24 bits per heavy atom. The lowest BCUT2D eigenvalue weighted by molar-refractivity contribution is -0.115. The van der Waals surface area contributed by atoms with Gasteiger partial charge in [0.1, 0.15) is 11.4 Å². The number of nitrogens with one attached hydrogen (secondary N) is 3. The molecule has 0 bridgehead atoms. The summed E-state index contributed by atoms with van der Waals surface area (Å²) in [5, 5.41) is 8.51. The predicted molar refractivity (Wildman–Crippen MR) is 170 cm³/mol. The number of carbonyl (C=O) groups is 3. The van der Waals surface area contributed by atoms with Gasteiger partial charge in [-0.2, -0.15) is 0 Å². The minimum absolute atomic E-state index is 0.105. The molecule has 42 heavy (non-hydrogen) atoms. The average Bonchev–Trinajstić information content (AvgIpc) is 2.99. The summed E-state index contributed by atoms with van der Waals surface area (Å²) >= 11 is 7.43. The summed E-state index contributed by atoms with van der Waals surface area (Å²) in [6.45, 7) is 3.77. The Morgan fingerprint density at radius 1 is 0.881 bits per heavy atom. The molecule has 0 saturated carbocycles. The lowest BCUT2D eigenvalue weighted by atomic mass is 10.1. The third-order valence-electron chi connectivity index (χ3n) is 6.13. The molecule has 214 valence electrons. The first-order valence-corrected chi connectivity index (χ1v) is 14.3. The first kappa shape index (κ1) is 30.4. The molecule has 1 atom stereocenters. The highest BCUT2D eigenvalue weighted by Gasteiger charge is 2.18. The van der Waals surface area contributed by atoms with E-state index in [1.54, 1.807) is 67.6 Å². The molecular weight excluding hydrogens is 570 g/mol. The van der Waals surface area contributed by atoms with Gasteiger partial charge in [-0.3, -0.25) is 14.4 Å². The van der Waals surface area contributed by atoms with E-state index in [4.69, 9.17) is 16.3 Å². The molecule has 0 aliphatic carbocycles. The second-order valence-corrected chi connectivity index (χ2v) is 11.2. The van der Waals surface area contributed by atoms with Crippen molar-refractivity contribution in [2.24, 2.45) is 0 Å². The maximum Gasteiger partial charge on any atom is 0.272 e. The molecule has 4 aromatic rings. The molecule has 0 spiro atoms. The number of rotatable bonds is 10. The zero-order valence-electron chi connectivity index (χ0n) is 23.3. The number of hydrogen-bond acceptors (Lipinski definition) is 5. The Hall–Kier alpha value is -4.53. The standard InChI is InChI=1S/C33H30ClN3O4S/c1-21-9-11-23(12-10-21)19-29(37-32(39)24-7-5-4-6-8-24)33(40)35-26-14-16-27(17-15-26)42-22(2)31(38)36-28-20-25(34)13-18-30(28)41-3/h4-20,22H,1-3H3,(H,35,40)(H,36,38)(H,37,39)/b29-19-. The third kappa shape index (κ3) is 8.49. The van der Waals surface area contributed by atoms with Gasteiger partial charge in [0.2, 0.25) is 5.91 Å². The van der Waals surface area contributed by atoms with E-state index >= 15 is 0 Å². The molecule has 3 amide bonds. The number of aryl methyl sites for hydroxylation is 1. The van der Waals surface area contributed by atoms with Crippen LogP contribution in [0.15, 0.2) is 108 Å². The molecule has 7 nitrogen and oxygen atoms in total. The van der Waals surface area contributed by atoms with E-state index in [9.17, 15) is 14.4 Å². The van der Waals surface area contributed by atoms with E-state index in [-0.39, 0.29) is 11.6 Å². The van der Waals surface area contributed by atoms with Crippen molar-refractivity contribution in [3.05, 3.63) is 124 Å². The number of amides is 3. The molecule has 0 radical (unpaired) electrons. The number of anilines is 2. The summed E-state index contributed by atoms with van der Waals surface area (Å²) in [6.07, 6.45) is 1.63. The lowest BCUT2D eigenvalue weighted by Crippen LogP contribution is -2.30. The summed E-state index contributed by atoms with van der Waals surface area (Å²) in [5.41, 5.74) is 3.43. The molecule has 0 aliphatic heterocycles. The molecule has 4 rings (SSSR count). The van der Waals surface area contributed by atoms with Crippen LogP contribution in [0.3, 0.4) is 0 Å². The Balaban J connectivity index is 1.43. The normalized spacial score (nSPS) is 11.8. The van der Waals surface area contributed by atoms with Crippen LogP contribution in [0.1, 0.15) is 28.4 Å². The molecule has 1 unspecified atom stereocenters. The highest BCUT2D eigenvalue weighted by Crippen LogP contribution is 2.30. The van der Waals surface area contributed by atoms with Crippen LogP contribution in [-0.4, -0.2) is 30.1 Å². The Labute approximate surface area is 254 Å². The molecule has 0 aromatic heterocycles. The van der Waals surface area contributed by atoms with Gasteiger partial charge in [0, 0.05) is 21.2 Å². The van der Waals surface area contributed by atoms with Crippen molar-refractivity contribution in [3.63, 3.8) is 0 Å². The molecule has 0 heterocycles. The van der Waals surface area contributed by atoms with Crippen molar-refractivity contribution in [1.29, 1.82) is 0 Å². The van der Waals surface area contributed by atoms with Gasteiger partial charge in [0.25, 0.3) is 11.8 Å². The number of ether oxygens (including phenoxy) is 1. The van der Waals surface area contributed by atoms with Gasteiger partial charge in [-0.15, -0.1) is 11.8 Å². The summed E-state index contributed by atoms with van der Waals surface area (Å²) in [5.74, 6) is -0.555. The molecule has 3 N–H and O–H groups in total. The van der Waals surface area contributed by atoms with Gasteiger partial charge < -0.3 is 20.7 Å². The van der Waals surface area contributed by atoms with Crippen molar-refractivity contribution in [3.8, 4) is 5.75 Å². The van der Waals surface area contributed by atoms with Gasteiger partial charge >= 0.3 is 0 Å². The number of thioether (sulfide) groups is 1. The Kier molecular flexibility index (Phi) is 10.4. The van der Waals surface area contributed by atoms with Crippen molar-refractivity contribution >= 4 is 58.5 Å². The monoisotopic (exact) mass is 599 g/mol. The fourth-order valence-corrected chi connectivity index (χ4v) is 4.90. The smallest absolute Gasteiger partial charge is 0.272 e. The second kappa shape index (κ2) is 14.4. The van der Waals surface area contributed by atoms with Crippen molar-refractivity contribution in [1.82, 2.24) is 5.32 Å². The van der Waals surface area contributed by atoms with Gasteiger partial charge in [0.15, 0.2) is 0 Å². The lowest BCUT2D eigenvalue weighted by Gasteiger charge is -2.15. The molecule has 0 fully saturated rings. The van der Waals surface area contributed by atoms with Crippen LogP contribution in [0.25, 0.3) is 6.08 Å². The van der Waals surface area contributed by atoms with E-state index < -0.39 is 17.1 Å². The van der Waals surface area contributed by atoms with E-state index in [1.165, 1.54) is 18.9 Å². The number of hydrogen-bond donors (Lipinski definition) is 3. The zero-order chi connectivity index (χ0) is 30.1. The Bertz CT molecular complexity index is 1590. The summed E-state index contributed by atoms with van der Waals surface area (Å²) < 4.78 is 5.30. The van der Waals surface area contributed by atoms with Crippen LogP contribution in [0, 0.1) is 6.92 Å². The quantitative estimate of drug-likeness (QED) is 0.132. The molecule has 9 heteroatoms. The minimum Gasteiger partial charge on any atom is -0.495 e. The maximum atomic E-state index is 13.3. The van der Waals surface area contributed by atoms with Gasteiger partial charge in [-0.25, -0.2) is 0 Å². The minimum atomic E-state index is -0.469. The Morgan fingerprint density at radius 2 is 1.57 bits per heavy atom. The fourth-order valence-electron chi connectivity index (χ4n) is 3.86. The zero-order valence-corrected chi connectivity index (χ0v) is 24.9. The predicted octanol–water partition coefficient (Wildman–Crippen LogP) is 7.19. The SMILES string of the molecule is COc1ccc(Cl)cc1NC(=O)C(C)Sc1ccc(NC(=O)/C(=C/c2ccc(C)cc2)NC(=O)c2ccccc2)cc1. The molecule has 0 aliphatic rings. The molecule has 0 saturated heterocycles. The fraction of sp³-hybridized carbons (Fsp3) is 0.121. The van der Waals surface area contributed by atoms with E-state index in [2.05, 4.69) is 16.0 Å². The largest absolute Gasteiger partial charge is 0.495 e. The van der Waals surface area contributed by atoms with Crippen LogP contribution in [-0.2, 0) is 9.59 Å². The molecular formula is C33H30ClN3O4S. The van der Waals surface area contributed by atoms with Crippen LogP contribution in [0.4, 0.5) is 11.4 Å². The van der Waals surface area contributed by atoms with Crippen molar-refractivity contribution < 1.29 is 19.1 Å². The summed E-state index contributed by atoms with van der Waals surface area (Å²) in [7, 11) is 1.52. The highest BCUT2D eigenvalue weighted by molar-refractivity contribution is 8.00. The van der Waals surface area contributed by atoms with Crippen molar-refractivity contribution in [2.45, 2.75) is 24.0 Å². The van der Waals surface area contributed by atoms with E-state index in [0.29, 0.717) is 27.7 Å². The second-order valence-electron chi connectivity index (χ2n) is 9.36. The number of carbonyl (C=O) groups excluding carboxylic acids is 3. The number of benzene rings is 4. The van der Waals surface area contributed by atoms with Gasteiger partial charge in [0.05, 0.1) is 18.0 Å². The van der Waals surface area contributed by atoms with Gasteiger partial charge in [-0.1, -0.05) is 59.6 Å². The number of halogens is 1.